The maximum absolute atomic E-state index is 11.8. The Hall–Kier alpha value is -1.59. The molecule has 6 nitrogen and oxygen atoms in total. The van der Waals surface area contributed by atoms with Crippen LogP contribution in [0.2, 0.25) is 0 Å². The van der Waals surface area contributed by atoms with Crippen LogP contribution in [0.25, 0.3) is 0 Å². The van der Waals surface area contributed by atoms with Crippen LogP contribution in [-0.2, 0) is 19.1 Å². The number of carbonyl (C=O) groups is 3. The lowest BCUT2D eigenvalue weighted by molar-refractivity contribution is -0.151. The first-order chi connectivity index (χ1) is 8.54. The summed E-state index contributed by atoms with van der Waals surface area (Å²) in [5.74, 6) is -0.865. The molecule has 0 bridgehead atoms. The molecule has 0 aromatic heterocycles. The topological polar surface area (TPSA) is 75.7 Å². The molecule has 6 heteroatoms. The molecule has 1 aliphatic heterocycles. The zero-order valence-corrected chi connectivity index (χ0v) is 10.9. The summed E-state index contributed by atoms with van der Waals surface area (Å²) in [5.41, 5.74) is 0. The van der Waals surface area contributed by atoms with E-state index >= 15 is 0 Å². The number of rotatable bonds is 4. The van der Waals surface area contributed by atoms with Crippen LogP contribution in [-0.4, -0.2) is 48.9 Å². The van der Waals surface area contributed by atoms with Gasteiger partial charge in [-0.3, -0.25) is 14.4 Å². The fourth-order valence-corrected chi connectivity index (χ4v) is 1.97. The molecular weight excluding hydrogens is 236 g/mol. The van der Waals surface area contributed by atoms with Crippen molar-refractivity contribution in [2.24, 2.45) is 5.92 Å². The van der Waals surface area contributed by atoms with Gasteiger partial charge in [0.1, 0.15) is 0 Å². The lowest BCUT2D eigenvalue weighted by Crippen LogP contribution is -2.46. The fraction of sp³-hybridized carbons (Fsp3) is 0.750. The molecule has 1 fully saturated rings. The van der Waals surface area contributed by atoms with Gasteiger partial charge in [-0.25, -0.2) is 0 Å². The molecule has 0 aromatic rings. The van der Waals surface area contributed by atoms with E-state index in [1.807, 2.05) is 0 Å². The Bertz CT molecular complexity index is 330. The molecule has 0 aliphatic carbocycles. The maximum atomic E-state index is 11.8. The molecule has 0 saturated carbocycles. The molecule has 1 saturated heterocycles. The summed E-state index contributed by atoms with van der Waals surface area (Å²) < 4.78 is 4.96. The Balaban J connectivity index is 2.45. The van der Waals surface area contributed by atoms with Gasteiger partial charge in [-0.15, -0.1) is 0 Å². The number of hydrogen-bond acceptors (Lipinski definition) is 4. The van der Waals surface area contributed by atoms with Crippen molar-refractivity contribution in [3.63, 3.8) is 0 Å². The predicted molar refractivity (Wildman–Crippen MR) is 64.6 cm³/mol. The van der Waals surface area contributed by atoms with Gasteiger partial charge in [-0.05, 0) is 19.8 Å². The van der Waals surface area contributed by atoms with Crippen molar-refractivity contribution >= 4 is 17.8 Å². The van der Waals surface area contributed by atoms with Crippen molar-refractivity contribution in [2.75, 3.05) is 26.2 Å². The van der Waals surface area contributed by atoms with Gasteiger partial charge in [0.15, 0.2) is 0 Å². The zero-order valence-electron chi connectivity index (χ0n) is 10.9. The number of hydrogen-bond donors (Lipinski definition) is 1. The summed E-state index contributed by atoms with van der Waals surface area (Å²) in [5, 5.41) is 2.47. The lowest BCUT2D eigenvalue weighted by atomic mass is 9.98. The highest BCUT2D eigenvalue weighted by atomic mass is 16.5. The van der Waals surface area contributed by atoms with Crippen LogP contribution in [0.15, 0.2) is 0 Å². The summed E-state index contributed by atoms with van der Waals surface area (Å²) in [4.78, 5) is 35.7. The van der Waals surface area contributed by atoms with Gasteiger partial charge in [-0.1, -0.05) is 0 Å². The molecule has 1 aliphatic rings. The predicted octanol–water partition coefficient (Wildman–Crippen LogP) is -0.0758. The summed E-state index contributed by atoms with van der Waals surface area (Å²) in [7, 11) is 0. The summed E-state index contributed by atoms with van der Waals surface area (Å²) in [6, 6.07) is 0. The molecule has 1 rings (SSSR count). The van der Waals surface area contributed by atoms with Gasteiger partial charge in [-0.2, -0.15) is 0 Å². The first-order valence-corrected chi connectivity index (χ1v) is 6.23. The van der Waals surface area contributed by atoms with Crippen molar-refractivity contribution in [1.29, 1.82) is 0 Å². The zero-order chi connectivity index (χ0) is 13.5. The number of likely N-dealkylation sites (tertiary alicyclic amines) is 1. The Morgan fingerprint density at radius 1 is 1.39 bits per heavy atom. The second kappa shape index (κ2) is 6.98. The largest absolute Gasteiger partial charge is 0.466 e. The number of ether oxygens (including phenoxy) is 1. The average molecular weight is 256 g/mol. The van der Waals surface area contributed by atoms with E-state index in [0.29, 0.717) is 19.7 Å². The Morgan fingerprint density at radius 2 is 2.11 bits per heavy atom. The molecule has 1 atom stereocenters. The van der Waals surface area contributed by atoms with E-state index < -0.39 is 0 Å². The molecule has 0 spiro atoms. The molecular formula is C12H20N2O4. The molecule has 0 radical (unpaired) electrons. The first kappa shape index (κ1) is 14.5. The van der Waals surface area contributed by atoms with E-state index in [1.165, 1.54) is 6.92 Å². The van der Waals surface area contributed by atoms with Gasteiger partial charge in [0.25, 0.3) is 0 Å². The summed E-state index contributed by atoms with van der Waals surface area (Å²) in [6.07, 6.45) is 1.54. The van der Waals surface area contributed by atoms with Crippen LogP contribution in [0.1, 0.15) is 26.7 Å². The minimum Gasteiger partial charge on any atom is -0.466 e. The van der Waals surface area contributed by atoms with Gasteiger partial charge in [0.2, 0.25) is 11.8 Å². The number of amides is 2. The van der Waals surface area contributed by atoms with Crippen LogP contribution in [0.3, 0.4) is 0 Å². The van der Waals surface area contributed by atoms with E-state index in [9.17, 15) is 14.4 Å². The fourth-order valence-electron chi connectivity index (χ4n) is 1.97. The smallest absolute Gasteiger partial charge is 0.310 e. The molecule has 1 N–H and O–H groups in total. The Labute approximate surface area is 107 Å². The van der Waals surface area contributed by atoms with Crippen molar-refractivity contribution in [2.45, 2.75) is 26.7 Å². The highest BCUT2D eigenvalue weighted by Crippen LogP contribution is 2.17. The van der Waals surface area contributed by atoms with Crippen molar-refractivity contribution in [3.05, 3.63) is 0 Å². The minimum atomic E-state index is -0.241. The van der Waals surface area contributed by atoms with Crippen molar-refractivity contribution < 1.29 is 19.1 Å². The molecule has 0 aromatic carbocycles. The summed E-state index contributed by atoms with van der Waals surface area (Å²) in [6.45, 7) is 4.50. The normalized spacial score (nSPS) is 19.2. The number of piperidine rings is 1. The van der Waals surface area contributed by atoms with E-state index in [0.717, 1.165) is 12.8 Å². The Kier molecular flexibility index (Phi) is 5.61. The minimum absolute atomic E-state index is 0.00905. The van der Waals surface area contributed by atoms with Gasteiger partial charge in [0.05, 0.1) is 19.1 Å². The van der Waals surface area contributed by atoms with Crippen molar-refractivity contribution in [3.8, 4) is 0 Å². The molecule has 102 valence electrons. The highest BCUT2D eigenvalue weighted by molar-refractivity contribution is 5.84. The lowest BCUT2D eigenvalue weighted by Gasteiger charge is -2.31. The van der Waals surface area contributed by atoms with Crippen LogP contribution in [0.4, 0.5) is 0 Å². The van der Waals surface area contributed by atoms with E-state index in [-0.39, 0.29) is 30.2 Å². The van der Waals surface area contributed by atoms with Crippen LogP contribution < -0.4 is 5.32 Å². The second-order valence-corrected chi connectivity index (χ2v) is 4.34. The summed E-state index contributed by atoms with van der Waals surface area (Å²) >= 11 is 0. The first-order valence-electron chi connectivity index (χ1n) is 6.23. The highest BCUT2D eigenvalue weighted by Gasteiger charge is 2.29. The molecule has 0 unspecified atom stereocenters. The number of nitrogens with one attached hydrogen (secondary N) is 1. The van der Waals surface area contributed by atoms with Crippen LogP contribution >= 0.6 is 0 Å². The molecule has 2 amide bonds. The van der Waals surface area contributed by atoms with Crippen LogP contribution in [0.5, 0.6) is 0 Å². The monoisotopic (exact) mass is 256 g/mol. The third-order valence-corrected chi connectivity index (χ3v) is 2.88. The maximum Gasteiger partial charge on any atom is 0.310 e. The van der Waals surface area contributed by atoms with E-state index in [2.05, 4.69) is 5.32 Å². The average Bonchev–Trinajstić information content (AvgIpc) is 2.36. The standard InChI is InChI=1S/C12H20N2O4/c1-3-18-12(17)10-5-4-6-14(8-10)11(16)7-13-9(2)15/h10H,3-8H2,1-2H3,(H,13,15)/t10-/m0/s1. The second-order valence-electron chi connectivity index (χ2n) is 4.34. The van der Waals surface area contributed by atoms with Crippen molar-refractivity contribution in [1.82, 2.24) is 10.2 Å². The quantitative estimate of drug-likeness (QED) is 0.714. The third kappa shape index (κ3) is 4.35. The third-order valence-electron chi connectivity index (χ3n) is 2.88. The van der Waals surface area contributed by atoms with E-state index in [4.69, 9.17) is 4.74 Å². The molecule has 1 heterocycles. The Morgan fingerprint density at radius 3 is 2.72 bits per heavy atom. The molecule has 18 heavy (non-hydrogen) atoms. The number of esters is 1. The van der Waals surface area contributed by atoms with Crippen LogP contribution in [0, 0.1) is 5.92 Å². The van der Waals surface area contributed by atoms with Gasteiger partial charge in [0, 0.05) is 20.0 Å². The van der Waals surface area contributed by atoms with Gasteiger partial charge < -0.3 is 15.0 Å². The number of carbonyl (C=O) groups excluding carboxylic acids is 3. The van der Waals surface area contributed by atoms with Gasteiger partial charge >= 0.3 is 5.97 Å². The SMILES string of the molecule is CCOC(=O)[C@H]1CCCN(C(=O)CNC(C)=O)C1. The number of nitrogens with zero attached hydrogens (tertiary/aromatic N) is 1. The van der Waals surface area contributed by atoms with E-state index in [1.54, 1.807) is 11.8 Å².